The molecule has 1 heterocycles. The van der Waals surface area contributed by atoms with Crippen LogP contribution in [0.1, 0.15) is 11.4 Å². The van der Waals surface area contributed by atoms with Gasteiger partial charge in [0.2, 0.25) is 0 Å². The first kappa shape index (κ1) is 10.9. The van der Waals surface area contributed by atoms with E-state index in [1.807, 2.05) is 0 Å². The van der Waals surface area contributed by atoms with Crippen LogP contribution in [0.4, 0.5) is 13.2 Å². The highest BCUT2D eigenvalue weighted by molar-refractivity contribution is 6.19. The van der Waals surface area contributed by atoms with Crippen LogP contribution in [0.2, 0.25) is 0 Å². The minimum absolute atomic E-state index is 0.0674. The maximum absolute atomic E-state index is 12.2. The van der Waals surface area contributed by atoms with Crippen LogP contribution >= 0.6 is 11.6 Å². The quantitative estimate of drug-likeness (QED) is 0.483. The Balaban J connectivity index is 3.02. The van der Waals surface area contributed by atoms with Crippen molar-refractivity contribution in [3.05, 3.63) is 29.6 Å². The van der Waals surface area contributed by atoms with Gasteiger partial charge in [-0.3, -0.25) is 0 Å². The molecule has 0 aliphatic carbocycles. The SMILES string of the molecule is FC(F)(F)c1cccc(C#CCCl)n1. The standard InChI is InChI=1S/C9H5ClF3N/c10-6-2-4-7-3-1-5-8(14-7)9(11,12)13/h1,3,5H,6H2. The molecule has 14 heavy (non-hydrogen) atoms. The first-order valence-electron chi connectivity index (χ1n) is 3.63. The summed E-state index contributed by atoms with van der Waals surface area (Å²) in [6, 6.07) is 3.55. The first-order valence-corrected chi connectivity index (χ1v) is 4.16. The first-order chi connectivity index (χ1) is 6.54. The molecular formula is C9H5ClF3N. The summed E-state index contributed by atoms with van der Waals surface area (Å²) in [5.74, 6) is 4.91. The van der Waals surface area contributed by atoms with Gasteiger partial charge < -0.3 is 0 Å². The fraction of sp³-hybridized carbons (Fsp3) is 0.222. The molecule has 0 saturated carbocycles. The molecule has 0 spiro atoms. The van der Waals surface area contributed by atoms with Crippen LogP contribution in [0.5, 0.6) is 0 Å². The van der Waals surface area contributed by atoms with Crippen molar-refractivity contribution in [2.45, 2.75) is 6.18 Å². The molecule has 0 aliphatic rings. The number of nitrogens with zero attached hydrogens (tertiary/aromatic N) is 1. The van der Waals surface area contributed by atoms with E-state index in [1.54, 1.807) is 0 Å². The zero-order valence-electron chi connectivity index (χ0n) is 6.90. The highest BCUT2D eigenvalue weighted by Gasteiger charge is 2.32. The van der Waals surface area contributed by atoms with E-state index in [9.17, 15) is 13.2 Å². The van der Waals surface area contributed by atoms with Crippen molar-refractivity contribution in [2.75, 3.05) is 5.88 Å². The Morgan fingerprint density at radius 1 is 1.36 bits per heavy atom. The van der Waals surface area contributed by atoms with Gasteiger partial charge in [0.05, 0.1) is 5.88 Å². The van der Waals surface area contributed by atoms with Gasteiger partial charge in [0.1, 0.15) is 11.4 Å². The van der Waals surface area contributed by atoms with Gasteiger partial charge in [-0.2, -0.15) is 13.2 Å². The van der Waals surface area contributed by atoms with Crippen molar-refractivity contribution < 1.29 is 13.2 Å². The van der Waals surface area contributed by atoms with Crippen molar-refractivity contribution in [2.24, 2.45) is 0 Å². The third-order valence-corrected chi connectivity index (χ3v) is 1.46. The second-order valence-electron chi connectivity index (χ2n) is 2.34. The fourth-order valence-corrected chi connectivity index (χ4v) is 0.853. The number of alkyl halides is 4. The lowest BCUT2D eigenvalue weighted by molar-refractivity contribution is -0.141. The fourth-order valence-electron chi connectivity index (χ4n) is 0.786. The molecule has 0 saturated heterocycles. The smallest absolute Gasteiger partial charge is 0.235 e. The van der Waals surface area contributed by atoms with Crippen molar-refractivity contribution >= 4 is 11.6 Å². The van der Waals surface area contributed by atoms with E-state index in [2.05, 4.69) is 16.8 Å². The molecule has 0 fully saturated rings. The average molecular weight is 220 g/mol. The Morgan fingerprint density at radius 3 is 2.64 bits per heavy atom. The van der Waals surface area contributed by atoms with Crippen LogP contribution in [0.15, 0.2) is 18.2 Å². The molecule has 1 rings (SSSR count). The van der Waals surface area contributed by atoms with Gasteiger partial charge in [0, 0.05) is 0 Å². The molecule has 5 heteroatoms. The van der Waals surface area contributed by atoms with Gasteiger partial charge in [-0.05, 0) is 18.1 Å². The zero-order valence-corrected chi connectivity index (χ0v) is 7.65. The lowest BCUT2D eigenvalue weighted by Crippen LogP contribution is -2.08. The molecular weight excluding hydrogens is 215 g/mol. The van der Waals surface area contributed by atoms with Gasteiger partial charge in [0.25, 0.3) is 0 Å². The number of hydrogen-bond donors (Lipinski definition) is 0. The molecule has 0 atom stereocenters. The van der Waals surface area contributed by atoms with Gasteiger partial charge in [-0.25, -0.2) is 4.98 Å². The van der Waals surface area contributed by atoms with Crippen molar-refractivity contribution in [3.63, 3.8) is 0 Å². The number of halogens is 4. The summed E-state index contributed by atoms with van der Waals surface area (Å²) in [6.45, 7) is 0. The third-order valence-electron chi connectivity index (χ3n) is 1.32. The predicted molar refractivity (Wildman–Crippen MR) is 46.8 cm³/mol. The maximum Gasteiger partial charge on any atom is 0.433 e. The summed E-state index contributed by atoms with van der Waals surface area (Å²) in [4.78, 5) is 3.32. The van der Waals surface area contributed by atoms with Crippen LogP contribution in [0, 0.1) is 11.8 Å². The van der Waals surface area contributed by atoms with Gasteiger partial charge in [-0.15, -0.1) is 11.6 Å². The molecule has 0 N–H and O–H groups in total. The molecule has 1 nitrogen and oxygen atoms in total. The van der Waals surface area contributed by atoms with E-state index < -0.39 is 11.9 Å². The summed E-state index contributed by atoms with van der Waals surface area (Å²) in [7, 11) is 0. The third kappa shape index (κ3) is 2.93. The molecule has 0 aliphatic heterocycles. The van der Waals surface area contributed by atoms with Crippen LogP contribution in [-0.2, 0) is 6.18 Å². The minimum Gasteiger partial charge on any atom is -0.235 e. The Bertz CT molecular complexity index is 376. The van der Waals surface area contributed by atoms with E-state index in [0.29, 0.717) is 0 Å². The summed E-state index contributed by atoms with van der Waals surface area (Å²) < 4.78 is 36.5. The number of hydrogen-bond acceptors (Lipinski definition) is 1. The van der Waals surface area contributed by atoms with Gasteiger partial charge in [0.15, 0.2) is 0 Å². The number of pyridine rings is 1. The van der Waals surface area contributed by atoms with Crippen LogP contribution < -0.4 is 0 Å². The summed E-state index contributed by atoms with van der Waals surface area (Å²) in [5, 5.41) is 0. The second kappa shape index (κ2) is 4.34. The molecule has 1 aromatic rings. The van der Waals surface area contributed by atoms with Crippen LogP contribution in [-0.4, -0.2) is 10.9 Å². The Hall–Kier alpha value is -1.21. The summed E-state index contributed by atoms with van der Waals surface area (Å²) in [6.07, 6.45) is -4.43. The van der Waals surface area contributed by atoms with E-state index in [-0.39, 0.29) is 11.6 Å². The van der Waals surface area contributed by atoms with Gasteiger partial charge >= 0.3 is 6.18 Å². The molecule has 0 radical (unpaired) electrons. The van der Waals surface area contributed by atoms with Crippen molar-refractivity contribution in [1.29, 1.82) is 0 Å². The number of aromatic nitrogens is 1. The number of rotatable bonds is 0. The minimum atomic E-state index is -4.43. The molecule has 1 aromatic heterocycles. The van der Waals surface area contributed by atoms with E-state index in [1.165, 1.54) is 12.1 Å². The van der Waals surface area contributed by atoms with Gasteiger partial charge in [-0.1, -0.05) is 12.0 Å². The normalized spacial score (nSPS) is 10.6. The maximum atomic E-state index is 12.2. The largest absolute Gasteiger partial charge is 0.433 e. The molecule has 0 unspecified atom stereocenters. The van der Waals surface area contributed by atoms with E-state index in [0.717, 1.165) is 6.07 Å². The Kier molecular flexibility index (Phi) is 3.37. The molecule has 0 amide bonds. The Labute approximate surface area is 83.9 Å². The van der Waals surface area contributed by atoms with E-state index in [4.69, 9.17) is 11.6 Å². The monoisotopic (exact) mass is 219 g/mol. The van der Waals surface area contributed by atoms with Crippen LogP contribution in [0.3, 0.4) is 0 Å². The summed E-state index contributed by atoms with van der Waals surface area (Å²) >= 11 is 5.26. The van der Waals surface area contributed by atoms with Crippen LogP contribution in [0.25, 0.3) is 0 Å². The second-order valence-corrected chi connectivity index (χ2v) is 2.61. The highest BCUT2D eigenvalue weighted by atomic mass is 35.5. The molecule has 0 aromatic carbocycles. The van der Waals surface area contributed by atoms with Crippen molar-refractivity contribution in [1.82, 2.24) is 4.98 Å². The van der Waals surface area contributed by atoms with Crippen molar-refractivity contribution in [3.8, 4) is 11.8 Å². The Morgan fingerprint density at radius 2 is 2.07 bits per heavy atom. The van der Waals surface area contributed by atoms with E-state index >= 15 is 0 Å². The average Bonchev–Trinajstić information content (AvgIpc) is 2.14. The topological polar surface area (TPSA) is 12.9 Å². The lowest BCUT2D eigenvalue weighted by atomic mass is 10.3. The lowest BCUT2D eigenvalue weighted by Gasteiger charge is -2.04. The summed E-state index contributed by atoms with van der Waals surface area (Å²) in [5.41, 5.74) is -0.876. The molecule has 74 valence electrons. The molecule has 0 bridgehead atoms. The zero-order chi connectivity index (χ0) is 10.6. The highest BCUT2D eigenvalue weighted by Crippen LogP contribution is 2.27. The predicted octanol–water partition coefficient (Wildman–Crippen LogP) is 2.69.